The van der Waals surface area contributed by atoms with Crippen LogP contribution in [-0.2, 0) is 11.3 Å². The molecule has 0 unspecified atom stereocenters. The second-order valence-electron chi connectivity index (χ2n) is 3.55. The molecule has 7 nitrogen and oxygen atoms in total. The number of anilines is 1. The molecule has 0 aliphatic carbocycles. The minimum Gasteiger partial charge on any atom is -0.497 e. The number of ether oxygens (including phenoxy) is 1. The first-order valence-electron chi connectivity index (χ1n) is 5.19. The third kappa shape index (κ3) is 2.97. The van der Waals surface area contributed by atoms with Crippen LogP contribution >= 0.6 is 0 Å². The zero-order valence-corrected chi connectivity index (χ0v) is 9.67. The Morgan fingerprint density at radius 1 is 1.56 bits per heavy atom. The molecular weight excluding hydrogens is 238 g/mol. The summed E-state index contributed by atoms with van der Waals surface area (Å²) in [6, 6.07) is 6.98. The molecule has 1 amide bonds. The summed E-state index contributed by atoms with van der Waals surface area (Å²) in [6.07, 6.45) is 1.16. The van der Waals surface area contributed by atoms with Crippen LogP contribution in [0.15, 0.2) is 39.8 Å². The van der Waals surface area contributed by atoms with Crippen molar-refractivity contribution in [2.24, 2.45) is 0 Å². The van der Waals surface area contributed by atoms with E-state index in [9.17, 15) is 9.59 Å². The molecule has 0 aliphatic heterocycles. The standard InChI is InChI=1S/C11H11N3O4/c1-17-9-4-2-3-8(5-9)12-10(15)6-14-7-11(16)18-13-14/h2-5,7H,6H2,1H3,(H-,12,13,15,16)/p+1. The Balaban J connectivity index is 2.00. The smallest absolute Gasteiger partial charge is 0.426 e. The molecule has 0 fully saturated rings. The minimum absolute atomic E-state index is 0.0387. The Bertz CT molecular complexity index is 602. The fraction of sp³-hybridized carbons (Fsp3) is 0.182. The van der Waals surface area contributed by atoms with Crippen LogP contribution in [0.2, 0.25) is 0 Å². The van der Waals surface area contributed by atoms with Gasteiger partial charge in [0, 0.05) is 11.8 Å². The number of carbonyl (C=O) groups excluding carboxylic acids is 1. The summed E-state index contributed by atoms with van der Waals surface area (Å²) in [5, 5.41) is 4.96. The average Bonchev–Trinajstić information content (AvgIpc) is 2.74. The van der Waals surface area contributed by atoms with Crippen LogP contribution in [0.4, 0.5) is 5.69 Å². The van der Waals surface area contributed by atoms with E-state index in [0.29, 0.717) is 11.4 Å². The van der Waals surface area contributed by atoms with Crippen molar-refractivity contribution in [2.45, 2.75) is 6.54 Å². The zero-order chi connectivity index (χ0) is 13.0. The average molecular weight is 250 g/mol. The molecule has 0 radical (unpaired) electrons. The molecule has 0 bridgehead atoms. The number of aromatic nitrogens is 2. The molecule has 2 rings (SSSR count). The molecule has 1 heterocycles. The van der Waals surface area contributed by atoms with Gasteiger partial charge in [0.1, 0.15) is 5.75 Å². The van der Waals surface area contributed by atoms with Crippen molar-refractivity contribution >= 4 is 11.6 Å². The summed E-state index contributed by atoms with van der Waals surface area (Å²) < 4.78 is 10.7. The minimum atomic E-state index is -0.538. The Labute approximate surface area is 102 Å². The number of rotatable bonds is 4. The lowest BCUT2D eigenvalue weighted by molar-refractivity contribution is -0.750. The third-order valence-electron chi connectivity index (χ3n) is 2.19. The van der Waals surface area contributed by atoms with Gasteiger partial charge in [-0.05, 0) is 17.4 Å². The van der Waals surface area contributed by atoms with Gasteiger partial charge in [-0.1, -0.05) is 10.7 Å². The molecule has 0 saturated carbocycles. The molecule has 1 aromatic heterocycles. The lowest BCUT2D eigenvalue weighted by Gasteiger charge is -2.04. The van der Waals surface area contributed by atoms with E-state index in [1.807, 2.05) is 0 Å². The number of benzene rings is 1. The number of amides is 1. The SMILES string of the molecule is COc1cccc(NC(=O)C[n+]2cc(=O)o[nH]2)c1. The molecule has 2 N–H and O–H groups in total. The Kier molecular flexibility index (Phi) is 3.42. The number of nitrogens with zero attached hydrogens (tertiary/aromatic N) is 1. The van der Waals surface area contributed by atoms with Crippen molar-refractivity contribution in [1.29, 1.82) is 0 Å². The molecule has 1 aromatic carbocycles. The van der Waals surface area contributed by atoms with Crippen LogP contribution in [0.3, 0.4) is 0 Å². The predicted octanol–water partition coefficient (Wildman–Crippen LogP) is -0.0973. The highest BCUT2D eigenvalue weighted by atomic mass is 16.5. The maximum atomic E-state index is 11.7. The molecule has 0 atom stereocenters. The van der Waals surface area contributed by atoms with Crippen molar-refractivity contribution in [3.05, 3.63) is 40.9 Å². The van der Waals surface area contributed by atoms with Crippen LogP contribution in [-0.4, -0.2) is 18.3 Å². The van der Waals surface area contributed by atoms with E-state index in [1.165, 1.54) is 4.68 Å². The van der Waals surface area contributed by atoms with Crippen molar-refractivity contribution in [3.8, 4) is 5.75 Å². The first kappa shape index (κ1) is 11.9. The monoisotopic (exact) mass is 250 g/mol. The van der Waals surface area contributed by atoms with E-state index >= 15 is 0 Å². The van der Waals surface area contributed by atoms with Crippen LogP contribution in [0, 0.1) is 0 Å². The van der Waals surface area contributed by atoms with Gasteiger partial charge in [0.25, 0.3) is 18.6 Å². The fourth-order valence-electron chi connectivity index (χ4n) is 1.42. The zero-order valence-electron chi connectivity index (χ0n) is 9.67. The van der Waals surface area contributed by atoms with E-state index in [4.69, 9.17) is 4.74 Å². The predicted molar refractivity (Wildman–Crippen MR) is 61.1 cm³/mol. The molecule has 7 heteroatoms. The van der Waals surface area contributed by atoms with Gasteiger partial charge < -0.3 is 10.1 Å². The topological polar surface area (TPSA) is 88.2 Å². The highest BCUT2D eigenvalue weighted by Gasteiger charge is 2.13. The largest absolute Gasteiger partial charge is 0.497 e. The van der Waals surface area contributed by atoms with E-state index in [1.54, 1.807) is 31.4 Å². The number of nitrogens with one attached hydrogen (secondary N) is 2. The van der Waals surface area contributed by atoms with Gasteiger partial charge >= 0.3 is 5.63 Å². The highest BCUT2D eigenvalue weighted by Crippen LogP contribution is 2.16. The van der Waals surface area contributed by atoms with Gasteiger partial charge in [-0.2, -0.15) is 0 Å². The Morgan fingerprint density at radius 2 is 2.39 bits per heavy atom. The Morgan fingerprint density at radius 3 is 3.06 bits per heavy atom. The van der Waals surface area contributed by atoms with E-state index < -0.39 is 5.63 Å². The fourth-order valence-corrected chi connectivity index (χ4v) is 1.42. The number of H-pyrrole nitrogens is 1. The van der Waals surface area contributed by atoms with Crippen molar-refractivity contribution in [3.63, 3.8) is 0 Å². The second-order valence-corrected chi connectivity index (χ2v) is 3.55. The van der Waals surface area contributed by atoms with Gasteiger partial charge in [-0.15, -0.1) is 0 Å². The first-order valence-corrected chi connectivity index (χ1v) is 5.19. The first-order chi connectivity index (χ1) is 8.67. The van der Waals surface area contributed by atoms with Gasteiger partial charge in [0.15, 0.2) is 0 Å². The van der Waals surface area contributed by atoms with Crippen molar-refractivity contribution in [2.75, 3.05) is 12.4 Å². The normalized spacial score (nSPS) is 10.1. The number of hydrogen-bond donors (Lipinski definition) is 2. The van der Waals surface area contributed by atoms with Crippen molar-refractivity contribution in [1.82, 2.24) is 5.27 Å². The van der Waals surface area contributed by atoms with Gasteiger partial charge in [0.05, 0.1) is 7.11 Å². The summed E-state index contributed by atoms with van der Waals surface area (Å²) in [4.78, 5) is 22.4. The van der Waals surface area contributed by atoms with Gasteiger partial charge in [-0.3, -0.25) is 9.32 Å². The lowest BCUT2D eigenvalue weighted by atomic mass is 10.3. The number of carbonyl (C=O) groups is 1. The Hall–Kier alpha value is -2.57. The molecule has 0 aliphatic rings. The molecule has 18 heavy (non-hydrogen) atoms. The van der Waals surface area contributed by atoms with Crippen LogP contribution in [0.5, 0.6) is 5.75 Å². The molecule has 0 spiro atoms. The molecule has 2 aromatic rings. The van der Waals surface area contributed by atoms with E-state index in [2.05, 4.69) is 15.1 Å². The summed E-state index contributed by atoms with van der Waals surface area (Å²) in [6.45, 7) is -0.0387. The number of methoxy groups -OCH3 is 1. The lowest BCUT2D eigenvalue weighted by Crippen LogP contribution is -2.41. The van der Waals surface area contributed by atoms with E-state index in [0.717, 1.165) is 6.20 Å². The van der Waals surface area contributed by atoms with Gasteiger partial charge in [0.2, 0.25) is 0 Å². The number of aromatic amines is 1. The maximum absolute atomic E-state index is 11.7. The number of hydrogen-bond acceptors (Lipinski definition) is 4. The summed E-state index contributed by atoms with van der Waals surface area (Å²) in [5.41, 5.74) is 0.0787. The van der Waals surface area contributed by atoms with Crippen LogP contribution < -0.4 is 20.4 Å². The van der Waals surface area contributed by atoms with Crippen molar-refractivity contribution < 1.29 is 18.7 Å². The third-order valence-corrected chi connectivity index (χ3v) is 2.19. The van der Waals surface area contributed by atoms with Gasteiger partial charge in [-0.25, -0.2) is 4.79 Å². The summed E-state index contributed by atoms with van der Waals surface area (Å²) >= 11 is 0. The quantitative estimate of drug-likeness (QED) is 0.742. The molecule has 0 saturated heterocycles. The highest BCUT2D eigenvalue weighted by molar-refractivity contribution is 5.89. The molecule has 94 valence electrons. The summed E-state index contributed by atoms with van der Waals surface area (Å²) in [5.74, 6) is 0.363. The van der Waals surface area contributed by atoms with Crippen LogP contribution in [0.25, 0.3) is 0 Å². The summed E-state index contributed by atoms with van der Waals surface area (Å²) in [7, 11) is 1.55. The van der Waals surface area contributed by atoms with E-state index in [-0.39, 0.29) is 12.5 Å². The maximum Gasteiger partial charge on any atom is 0.426 e. The van der Waals surface area contributed by atoms with Crippen LogP contribution in [0.1, 0.15) is 0 Å². The second kappa shape index (κ2) is 5.17. The molecular formula is C11H12N3O4+.